The summed E-state index contributed by atoms with van der Waals surface area (Å²) in [6.07, 6.45) is -0.168. The summed E-state index contributed by atoms with van der Waals surface area (Å²) in [5.74, 6) is 1.31. The first-order chi connectivity index (χ1) is 9.04. The number of benzene rings is 1. The SMILES string of the molecule is COC(c1noc(-c2cccc(N)c2C)n1)C(C)C. The van der Waals surface area contributed by atoms with Crippen LogP contribution in [0.1, 0.15) is 31.3 Å². The molecule has 1 unspecified atom stereocenters. The van der Waals surface area contributed by atoms with E-state index in [-0.39, 0.29) is 12.0 Å². The van der Waals surface area contributed by atoms with E-state index in [1.54, 1.807) is 7.11 Å². The topological polar surface area (TPSA) is 74.2 Å². The van der Waals surface area contributed by atoms with Crippen LogP contribution in [0.4, 0.5) is 5.69 Å². The molecule has 0 saturated heterocycles. The van der Waals surface area contributed by atoms with Crippen molar-refractivity contribution < 1.29 is 9.26 Å². The zero-order valence-electron chi connectivity index (χ0n) is 11.7. The minimum Gasteiger partial charge on any atom is -0.398 e. The molecule has 0 aliphatic carbocycles. The summed E-state index contributed by atoms with van der Waals surface area (Å²) in [5, 5.41) is 4.00. The molecule has 19 heavy (non-hydrogen) atoms. The summed E-state index contributed by atoms with van der Waals surface area (Å²) in [6.45, 7) is 6.04. The van der Waals surface area contributed by atoms with Crippen LogP contribution >= 0.6 is 0 Å². The fraction of sp³-hybridized carbons (Fsp3) is 0.429. The largest absolute Gasteiger partial charge is 0.398 e. The molecule has 0 bridgehead atoms. The quantitative estimate of drug-likeness (QED) is 0.856. The van der Waals surface area contributed by atoms with Gasteiger partial charge in [0.05, 0.1) is 0 Å². The van der Waals surface area contributed by atoms with Crippen molar-refractivity contribution in [1.82, 2.24) is 10.1 Å². The lowest BCUT2D eigenvalue weighted by molar-refractivity contribution is 0.0556. The van der Waals surface area contributed by atoms with Crippen molar-refractivity contribution in [3.63, 3.8) is 0 Å². The summed E-state index contributed by atoms with van der Waals surface area (Å²) in [5.41, 5.74) is 8.40. The minimum absolute atomic E-state index is 0.168. The molecule has 1 aromatic carbocycles. The number of ether oxygens (including phenoxy) is 1. The molecule has 1 atom stereocenters. The Kier molecular flexibility index (Phi) is 3.85. The van der Waals surface area contributed by atoms with E-state index in [1.165, 1.54) is 0 Å². The van der Waals surface area contributed by atoms with Gasteiger partial charge in [0.2, 0.25) is 5.82 Å². The highest BCUT2D eigenvalue weighted by molar-refractivity contribution is 5.66. The predicted octanol–water partition coefficient (Wildman–Crippen LogP) is 2.97. The molecule has 2 N–H and O–H groups in total. The van der Waals surface area contributed by atoms with Gasteiger partial charge in [-0.15, -0.1) is 0 Å². The van der Waals surface area contributed by atoms with Gasteiger partial charge in [0.1, 0.15) is 6.10 Å². The summed E-state index contributed by atoms with van der Waals surface area (Å²) >= 11 is 0. The highest BCUT2D eigenvalue weighted by Gasteiger charge is 2.22. The number of nitrogens with zero attached hydrogens (tertiary/aromatic N) is 2. The van der Waals surface area contributed by atoms with Crippen molar-refractivity contribution in [3.8, 4) is 11.5 Å². The Morgan fingerprint density at radius 1 is 1.32 bits per heavy atom. The third kappa shape index (κ3) is 2.61. The number of hydrogen-bond acceptors (Lipinski definition) is 5. The van der Waals surface area contributed by atoms with Gasteiger partial charge in [-0.25, -0.2) is 0 Å². The van der Waals surface area contributed by atoms with Crippen LogP contribution in [0.2, 0.25) is 0 Å². The van der Waals surface area contributed by atoms with Crippen molar-refractivity contribution in [3.05, 3.63) is 29.6 Å². The molecule has 0 saturated carbocycles. The van der Waals surface area contributed by atoms with Crippen molar-refractivity contribution in [2.24, 2.45) is 5.92 Å². The number of methoxy groups -OCH3 is 1. The van der Waals surface area contributed by atoms with Crippen molar-refractivity contribution >= 4 is 5.69 Å². The van der Waals surface area contributed by atoms with Gasteiger partial charge < -0.3 is 15.0 Å². The number of hydrogen-bond donors (Lipinski definition) is 1. The van der Waals surface area contributed by atoms with Gasteiger partial charge >= 0.3 is 0 Å². The van der Waals surface area contributed by atoms with Gasteiger partial charge in [-0.05, 0) is 30.5 Å². The number of nitrogens with two attached hydrogens (primary N) is 1. The van der Waals surface area contributed by atoms with E-state index >= 15 is 0 Å². The lowest BCUT2D eigenvalue weighted by Crippen LogP contribution is -2.10. The van der Waals surface area contributed by atoms with Crippen molar-refractivity contribution in [2.75, 3.05) is 12.8 Å². The molecule has 0 spiro atoms. The molecule has 5 heteroatoms. The molecule has 102 valence electrons. The van der Waals surface area contributed by atoms with E-state index < -0.39 is 0 Å². The second-order valence-electron chi connectivity index (χ2n) is 4.88. The van der Waals surface area contributed by atoms with E-state index in [9.17, 15) is 0 Å². The van der Waals surface area contributed by atoms with E-state index in [4.69, 9.17) is 15.0 Å². The van der Waals surface area contributed by atoms with Gasteiger partial charge in [-0.2, -0.15) is 4.98 Å². The average molecular weight is 261 g/mol. The van der Waals surface area contributed by atoms with Gasteiger partial charge in [-0.3, -0.25) is 0 Å². The van der Waals surface area contributed by atoms with Gasteiger partial charge in [0.15, 0.2) is 0 Å². The van der Waals surface area contributed by atoms with Crippen LogP contribution < -0.4 is 5.73 Å². The normalized spacial score (nSPS) is 12.9. The van der Waals surface area contributed by atoms with Gasteiger partial charge in [0, 0.05) is 18.4 Å². The Balaban J connectivity index is 2.38. The highest BCUT2D eigenvalue weighted by atomic mass is 16.5. The van der Waals surface area contributed by atoms with Crippen LogP contribution in [0.3, 0.4) is 0 Å². The maximum Gasteiger partial charge on any atom is 0.258 e. The van der Waals surface area contributed by atoms with Crippen LogP contribution in [0, 0.1) is 12.8 Å². The maximum atomic E-state index is 5.88. The third-order valence-electron chi connectivity index (χ3n) is 3.16. The molecule has 1 aromatic heterocycles. The van der Waals surface area contributed by atoms with E-state index in [0.29, 0.717) is 17.4 Å². The zero-order valence-corrected chi connectivity index (χ0v) is 11.7. The Hall–Kier alpha value is -1.88. The summed E-state index contributed by atoms with van der Waals surface area (Å²) < 4.78 is 10.7. The molecular formula is C14H19N3O2. The number of rotatable bonds is 4. The number of anilines is 1. The molecule has 5 nitrogen and oxygen atoms in total. The Morgan fingerprint density at radius 3 is 2.68 bits per heavy atom. The zero-order chi connectivity index (χ0) is 14.0. The first kappa shape index (κ1) is 13.5. The first-order valence-corrected chi connectivity index (χ1v) is 6.26. The Labute approximate surface area is 112 Å². The third-order valence-corrected chi connectivity index (χ3v) is 3.16. The highest BCUT2D eigenvalue weighted by Crippen LogP contribution is 2.28. The summed E-state index contributed by atoms with van der Waals surface area (Å²) in [6, 6.07) is 5.64. The first-order valence-electron chi connectivity index (χ1n) is 6.26. The summed E-state index contributed by atoms with van der Waals surface area (Å²) in [4.78, 5) is 4.42. The average Bonchev–Trinajstić information content (AvgIpc) is 2.82. The molecule has 0 aliphatic rings. The number of nitrogen functional groups attached to an aromatic ring is 1. The van der Waals surface area contributed by atoms with Crippen molar-refractivity contribution in [1.29, 1.82) is 0 Å². The fourth-order valence-electron chi connectivity index (χ4n) is 2.02. The second kappa shape index (κ2) is 5.40. The Bertz CT molecular complexity index is 564. The molecule has 2 aromatic rings. The molecule has 2 rings (SSSR count). The van der Waals surface area contributed by atoms with Crippen LogP contribution in [0.25, 0.3) is 11.5 Å². The van der Waals surface area contributed by atoms with Gasteiger partial charge in [0.25, 0.3) is 5.89 Å². The fourth-order valence-corrected chi connectivity index (χ4v) is 2.02. The monoisotopic (exact) mass is 261 g/mol. The smallest absolute Gasteiger partial charge is 0.258 e. The molecule has 1 heterocycles. The van der Waals surface area contributed by atoms with E-state index in [0.717, 1.165) is 11.1 Å². The number of aromatic nitrogens is 2. The lowest BCUT2D eigenvalue weighted by Gasteiger charge is -2.14. The van der Waals surface area contributed by atoms with E-state index in [1.807, 2.05) is 25.1 Å². The maximum absolute atomic E-state index is 5.88. The molecule has 0 amide bonds. The lowest BCUT2D eigenvalue weighted by atomic mass is 10.1. The van der Waals surface area contributed by atoms with Crippen LogP contribution in [-0.4, -0.2) is 17.3 Å². The van der Waals surface area contributed by atoms with E-state index in [2.05, 4.69) is 24.0 Å². The predicted molar refractivity (Wildman–Crippen MR) is 73.5 cm³/mol. The molecule has 0 fully saturated rings. The van der Waals surface area contributed by atoms with Crippen LogP contribution in [0.15, 0.2) is 22.7 Å². The molecule has 0 aliphatic heterocycles. The Morgan fingerprint density at radius 2 is 2.05 bits per heavy atom. The summed E-state index contributed by atoms with van der Waals surface area (Å²) in [7, 11) is 1.65. The second-order valence-corrected chi connectivity index (χ2v) is 4.88. The standard InChI is InChI=1S/C14H19N3O2/c1-8(2)12(18-4)13-16-14(19-17-13)10-6-5-7-11(15)9(10)3/h5-8,12H,15H2,1-4H3. The minimum atomic E-state index is -0.168. The van der Waals surface area contributed by atoms with Crippen LogP contribution in [0.5, 0.6) is 0 Å². The van der Waals surface area contributed by atoms with Gasteiger partial charge in [-0.1, -0.05) is 25.1 Å². The van der Waals surface area contributed by atoms with Crippen molar-refractivity contribution in [2.45, 2.75) is 26.9 Å². The van der Waals surface area contributed by atoms with Crippen LogP contribution in [-0.2, 0) is 4.74 Å². The molecule has 0 radical (unpaired) electrons. The molecular weight excluding hydrogens is 242 g/mol.